The average Bonchev–Trinajstić information content (AvgIpc) is 2.51. The van der Waals surface area contributed by atoms with E-state index in [1.165, 1.54) is 5.56 Å². The molecule has 0 saturated heterocycles. The summed E-state index contributed by atoms with van der Waals surface area (Å²) in [6.45, 7) is 11.1. The third kappa shape index (κ3) is 9.32. The molecule has 0 amide bonds. The van der Waals surface area contributed by atoms with Gasteiger partial charge >= 0.3 is 0 Å². The maximum absolute atomic E-state index is 5.70. The number of hydrogen-bond acceptors (Lipinski definition) is 3. The molecule has 0 aliphatic carbocycles. The molecule has 0 bridgehead atoms. The number of halogens is 1. The van der Waals surface area contributed by atoms with Crippen LogP contribution in [0.15, 0.2) is 23.2 Å². The third-order valence-electron chi connectivity index (χ3n) is 3.26. The molecule has 1 aromatic rings. The van der Waals surface area contributed by atoms with Gasteiger partial charge in [-0.15, -0.1) is 24.0 Å². The predicted molar refractivity (Wildman–Crippen MR) is 112 cm³/mol. The summed E-state index contributed by atoms with van der Waals surface area (Å²) in [5.74, 6) is 1.72. The summed E-state index contributed by atoms with van der Waals surface area (Å²) >= 11 is 0. The van der Waals surface area contributed by atoms with Crippen molar-refractivity contribution in [2.24, 2.45) is 4.99 Å². The fraction of sp³-hybridized carbons (Fsp3) is 0.611. The predicted octanol–water partition coefficient (Wildman–Crippen LogP) is 3.49. The maximum atomic E-state index is 5.70. The van der Waals surface area contributed by atoms with Crippen molar-refractivity contribution in [3.8, 4) is 5.75 Å². The Labute approximate surface area is 163 Å². The quantitative estimate of drug-likeness (QED) is 0.262. The largest absolute Gasteiger partial charge is 0.494 e. The Morgan fingerprint density at radius 1 is 1.25 bits per heavy atom. The van der Waals surface area contributed by atoms with Gasteiger partial charge in [0.05, 0.1) is 12.7 Å². The highest BCUT2D eigenvalue weighted by Crippen LogP contribution is 2.20. The molecule has 0 radical (unpaired) electrons. The Kier molecular flexibility index (Phi) is 12.7. The van der Waals surface area contributed by atoms with Gasteiger partial charge in [0.15, 0.2) is 5.96 Å². The summed E-state index contributed by atoms with van der Waals surface area (Å²) in [7, 11) is 1.78. The normalized spacial score (nSPS) is 11.2. The molecule has 1 aromatic carbocycles. The molecule has 138 valence electrons. The van der Waals surface area contributed by atoms with Crippen LogP contribution >= 0.6 is 24.0 Å². The monoisotopic (exact) mass is 449 g/mol. The number of aryl methyl sites for hydroxylation is 1. The molecule has 0 spiro atoms. The molecule has 5 nitrogen and oxygen atoms in total. The Morgan fingerprint density at radius 2 is 2.00 bits per heavy atom. The molecule has 1 rings (SSSR count). The summed E-state index contributed by atoms with van der Waals surface area (Å²) in [4.78, 5) is 4.24. The Hall–Kier alpha value is -1.02. The smallest absolute Gasteiger partial charge is 0.191 e. The molecule has 0 saturated carbocycles. The minimum atomic E-state index is 0. The lowest BCUT2D eigenvalue weighted by Gasteiger charge is -2.15. The van der Waals surface area contributed by atoms with E-state index in [0.29, 0.717) is 13.2 Å². The Morgan fingerprint density at radius 3 is 2.62 bits per heavy atom. The first-order valence-electron chi connectivity index (χ1n) is 8.35. The van der Waals surface area contributed by atoms with Crippen LogP contribution in [0.2, 0.25) is 0 Å². The van der Waals surface area contributed by atoms with Crippen molar-refractivity contribution >= 4 is 29.9 Å². The number of nitrogens with zero attached hydrogens (tertiary/aromatic N) is 1. The van der Waals surface area contributed by atoms with Crippen molar-refractivity contribution in [3.63, 3.8) is 0 Å². The van der Waals surface area contributed by atoms with Gasteiger partial charge in [0, 0.05) is 32.3 Å². The summed E-state index contributed by atoms with van der Waals surface area (Å²) in [6, 6.07) is 6.26. The minimum absolute atomic E-state index is 0. The molecular weight excluding hydrogens is 417 g/mol. The van der Waals surface area contributed by atoms with Crippen LogP contribution < -0.4 is 15.4 Å². The molecule has 0 fully saturated rings. The maximum Gasteiger partial charge on any atom is 0.191 e. The first kappa shape index (κ1) is 23.0. The van der Waals surface area contributed by atoms with Crippen molar-refractivity contribution in [1.29, 1.82) is 0 Å². The number of benzene rings is 1. The van der Waals surface area contributed by atoms with Crippen molar-refractivity contribution in [3.05, 3.63) is 29.3 Å². The molecule has 0 aromatic heterocycles. The molecule has 6 heteroatoms. The van der Waals surface area contributed by atoms with E-state index in [2.05, 4.69) is 40.7 Å². The molecule has 0 aliphatic heterocycles. The standard InChI is InChI=1S/C18H31N3O2.HI/c1-6-22-17-12-15(4)8-9-16(17)13-21-18(19-5)20-10-7-11-23-14(2)3;/h8-9,12,14H,6-7,10-11,13H2,1-5H3,(H2,19,20,21);1H. The molecule has 0 unspecified atom stereocenters. The van der Waals surface area contributed by atoms with Crippen LogP contribution in [-0.4, -0.2) is 38.9 Å². The molecule has 0 heterocycles. The number of nitrogens with one attached hydrogen (secondary N) is 2. The van der Waals surface area contributed by atoms with Crippen LogP contribution in [0.1, 0.15) is 38.3 Å². The van der Waals surface area contributed by atoms with Gasteiger partial charge < -0.3 is 20.1 Å². The van der Waals surface area contributed by atoms with Gasteiger partial charge in [-0.05, 0) is 45.7 Å². The van der Waals surface area contributed by atoms with Gasteiger partial charge in [0.25, 0.3) is 0 Å². The van der Waals surface area contributed by atoms with Gasteiger partial charge in [-0.1, -0.05) is 12.1 Å². The van der Waals surface area contributed by atoms with E-state index in [-0.39, 0.29) is 30.1 Å². The SMILES string of the molecule is CCOc1cc(C)ccc1CNC(=NC)NCCCOC(C)C.I. The average molecular weight is 449 g/mol. The molecule has 24 heavy (non-hydrogen) atoms. The van der Waals surface area contributed by atoms with E-state index < -0.39 is 0 Å². The molecule has 2 N–H and O–H groups in total. The highest BCUT2D eigenvalue weighted by Gasteiger charge is 2.05. The second kappa shape index (κ2) is 13.3. The Balaban J connectivity index is 0.00000529. The highest BCUT2D eigenvalue weighted by atomic mass is 127. The second-order valence-corrected chi connectivity index (χ2v) is 5.67. The van der Waals surface area contributed by atoms with Gasteiger partial charge in [-0.2, -0.15) is 0 Å². The topological polar surface area (TPSA) is 54.9 Å². The van der Waals surface area contributed by atoms with Crippen LogP contribution in [0.4, 0.5) is 0 Å². The summed E-state index contributed by atoms with van der Waals surface area (Å²) in [6.07, 6.45) is 1.24. The molecule has 0 atom stereocenters. The van der Waals surface area contributed by atoms with Crippen molar-refractivity contribution < 1.29 is 9.47 Å². The summed E-state index contributed by atoms with van der Waals surface area (Å²) < 4.78 is 11.2. The van der Waals surface area contributed by atoms with Crippen LogP contribution in [0.5, 0.6) is 5.75 Å². The zero-order chi connectivity index (χ0) is 17.1. The minimum Gasteiger partial charge on any atom is -0.494 e. The van der Waals surface area contributed by atoms with Gasteiger partial charge in [0.1, 0.15) is 5.75 Å². The van der Waals surface area contributed by atoms with Gasteiger partial charge in [0.2, 0.25) is 0 Å². The van der Waals surface area contributed by atoms with Crippen LogP contribution in [0.3, 0.4) is 0 Å². The highest BCUT2D eigenvalue weighted by molar-refractivity contribution is 14.0. The van der Waals surface area contributed by atoms with Gasteiger partial charge in [-0.25, -0.2) is 0 Å². The first-order valence-corrected chi connectivity index (χ1v) is 8.35. The van der Waals surface area contributed by atoms with Crippen molar-refractivity contribution in [1.82, 2.24) is 10.6 Å². The first-order chi connectivity index (χ1) is 11.1. The van der Waals surface area contributed by atoms with Gasteiger partial charge in [-0.3, -0.25) is 4.99 Å². The number of hydrogen-bond donors (Lipinski definition) is 2. The zero-order valence-electron chi connectivity index (χ0n) is 15.5. The van der Waals surface area contributed by atoms with E-state index in [4.69, 9.17) is 9.47 Å². The number of rotatable bonds is 9. The van der Waals surface area contributed by atoms with Crippen molar-refractivity contribution in [2.75, 3.05) is 26.8 Å². The molecular formula is C18H32IN3O2. The van der Waals surface area contributed by atoms with E-state index >= 15 is 0 Å². The number of aliphatic imine (C=N–C) groups is 1. The van der Waals surface area contributed by atoms with E-state index in [9.17, 15) is 0 Å². The van der Waals surface area contributed by atoms with E-state index in [1.54, 1.807) is 7.05 Å². The third-order valence-corrected chi connectivity index (χ3v) is 3.26. The summed E-state index contributed by atoms with van der Waals surface area (Å²) in [5, 5.41) is 6.62. The second-order valence-electron chi connectivity index (χ2n) is 5.67. The summed E-state index contributed by atoms with van der Waals surface area (Å²) in [5.41, 5.74) is 2.33. The van der Waals surface area contributed by atoms with Crippen LogP contribution in [0, 0.1) is 6.92 Å². The lowest BCUT2D eigenvalue weighted by molar-refractivity contribution is 0.0776. The fourth-order valence-corrected chi connectivity index (χ4v) is 2.10. The fourth-order valence-electron chi connectivity index (χ4n) is 2.10. The lowest BCUT2D eigenvalue weighted by atomic mass is 10.1. The van der Waals surface area contributed by atoms with Crippen LogP contribution in [0.25, 0.3) is 0 Å². The lowest BCUT2D eigenvalue weighted by Crippen LogP contribution is -2.37. The number of guanidine groups is 1. The number of ether oxygens (including phenoxy) is 2. The van der Waals surface area contributed by atoms with E-state index in [1.807, 2.05) is 20.8 Å². The zero-order valence-corrected chi connectivity index (χ0v) is 17.8. The van der Waals surface area contributed by atoms with E-state index in [0.717, 1.165) is 36.8 Å². The molecule has 0 aliphatic rings. The van der Waals surface area contributed by atoms with Crippen molar-refractivity contribution in [2.45, 2.75) is 46.8 Å². The Bertz CT molecular complexity index is 493. The van der Waals surface area contributed by atoms with Crippen LogP contribution in [-0.2, 0) is 11.3 Å².